The smallest absolute Gasteiger partial charge is 0.232 e. The highest BCUT2D eigenvalue weighted by molar-refractivity contribution is 5.45. The second-order valence-corrected chi connectivity index (χ2v) is 5.19. The predicted molar refractivity (Wildman–Crippen MR) is 85.2 cm³/mol. The zero-order valence-corrected chi connectivity index (χ0v) is 13.5. The maximum atomic E-state index is 5.39. The highest BCUT2D eigenvalue weighted by Crippen LogP contribution is 2.19. The van der Waals surface area contributed by atoms with Crippen LogP contribution in [-0.2, 0) is 4.74 Å². The molecule has 7 nitrogen and oxygen atoms in total. The average Bonchev–Trinajstić information content (AvgIpc) is 2.56. The molecule has 0 spiro atoms. The fourth-order valence-electron chi connectivity index (χ4n) is 2.53. The van der Waals surface area contributed by atoms with Gasteiger partial charge in [-0.1, -0.05) is 13.8 Å². The summed E-state index contributed by atoms with van der Waals surface area (Å²) in [6.07, 6.45) is 2.14. The van der Waals surface area contributed by atoms with Crippen molar-refractivity contribution in [2.24, 2.45) is 0 Å². The summed E-state index contributed by atoms with van der Waals surface area (Å²) in [5.41, 5.74) is 0. The molecule has 2 heterocycles. The predicted octanol–water partition coefficient (Wildman–Crippen LogP) is 1.37. The second-order valence-electron chi connectivity index (χ2n) is 5.19. The van der Waals surface area contributed by atoms with E-state index in [-0.39, 0.29) is 0 Å². The largest absolute Gasteiger partial charge is 0.378 e. The number of rotatable bonds is 6. The third kappa shape index (κ3) is 3.72. The van der Waals surface area contributed by atoms with E-state index >= 15 is 0 Å². The van der Waals surface area contributed by atoms with Gasteiger partial charge in [0.25, 0.3) is 0 Å². The van der Waals surface area contributed by atoms with Crippen LogP contribution in [0.15, 0.2) is 0 Å². The first-order chi connectivity index (χ1) is 10.2. The highest BCUT2D eigenvalue weighted by atomic mass is 16.5. The first kappa shape index (κ1) is 15.8. The lowest BCUT2D eigenvalue weighted by atomic mass is 10.1. The summed E-state index contributed by atoms with van der Waals surface area (Å²) < 4.78 is 5.39. The van der Waals surface area contributed by atoms with Crippen molar-refractivity contribution in [3.63, 3.8) is 0 Å². The first-order valence-corrected chi connectivity index (χ1v) is 7.68. The lowest BCUT2D eigenvalue weighted by Crippen LogP contribution is -2.38. The van der Waals surface area contributed by atoms with Crippen LogP contribution >= 0.6 is 0 Å². The number of nitrogens with zero attached hydrogens (tertiary/aromatic N) is 5. The average molecular weight is 294 g/mol. The van der Waals surface area contributed by atoms with Gasteiger partial charge in [0.1, 0.15) is 0 Å². The summed E-state index contributed by atoms with van der Waals surface area (Å²) in [7, 11) is 3.88. The Labute approximate surface area is 126 Å². The molecular weight excluding hydrogens is 268 g/mol. The van der Waals surface area contributed by atoms with E-state index < -0.39 is 0 Å². The zero-order valence-electron chi connectivity index (χ0n) is 13.5. The van der Waals surface area contributed by atoms with Crippen molar-refractivity contribution in [1.82, 2.24) is 15.0 Å². The SMILES string of the molecule is CCC(CC)N(C)c1nc(NC)nc(N2CCOCC2)n1. The monoisotopic (exact) mass is 294 g/mol. The van der Waals surface area contributed by atoms with Crippen LogP contribution in [0.3, 0.4) is 0 Å². The van der Waals surface area contributed by atoms with E-state index in [4.69, 9.17) is 4.74 Å². The molecule has 0 saturated carbocycles. The molecule has 0 amide bonds. The molecule has 118 valence electrons. The second kappa shape index (κ2) is 7.40. The molecule has 0 atom stereocenters. The summed E-state index contributed by atoms with van der Waals surface area (Å²) >= 11 is 0. The van der Waals surface area contributed by atoms with Crippen molar-refractivity contribution in [2.75, 3.05) is 55.5 Å². The molecule has 0 radical (unpaired) electrons. The van der Waals surface area contributed by atoms with E-state index in [1.807, 2.05) is 7.05 Å². The molecule has 0 aromatic carbocycles. The fourth-order valence-corrected chi connectivity index (χ4v) is 2.53. The molecule has 1 aromatic rings. The highest BCUT2D eigenvalue weighted by Gasteiger charge is 2.20. The Morgan fingerprint density at radius 2 is 1.86 bits per heavy atom. The van der Waals surface area contributed by atoms with E-state index in [1.165, 1.54) is 0 Å². The molecule has 1 fully saturated rings. The third-order valence-electron chi connectivity index (χ3n) is 3.94. The summed E-state index contributed by atoms with van der Waals surface area (Å²) in [4.78, 5) is 17.9. The van der Waals surface area contributed by atoms with Crippen LogP contribution in [0.25, 0.3) is 0 Å². The van der Waals surface area contributed by atoms with E-state index in [0.717, 1.165) is 51.0 Å². The van der Waals surface area contributed by atoms with Crippen molar-refractivity contribution in [1.29, 1.82) is 0 Å². The molecule has 0 aliphatic carbocycles. The van der Waals surface area contributed by atoms with Gasteiger partial charge in [-0.25, -0.2) is 0 Å². The van der Waals surface area contributed by atoms with Crippen LogP contribution in [0.2, 0.25) is 0 Å². The molecule has 1 aliphatic rings. The quantitative estimate of drug-likeness (QED) is 0.850. The Balaban J connectivity index is 2.28. The van der Waals surface area contributed by atoms with Gasteiger partial charge in [0, 0.05) is 33.2 Å². The molecule has 7 heteroatoms. The van der Waals surface area contributed by atoms with Gasteiger partial charge in [0.15, 0.2) is 0 Å². The Morgan fingerprint density at radius 1 is 1.19 bits per heavy atom. The summed E-state index contributed by atoms with van der Waals surface area (Å²) in [5, 5.41) is 3.03. The van der Waals surface area contributed by atoms with Gasteiger partial charge >= 0.3 is 0 Å². The van der Waals surface area contributed by atoms with Crippen molar-refractivity contribution in [2.45, 2.75) is 32.7 Å². The molecule has 2 rings (SSSR count). The van der Waals surface area contributed by atoms with Crippen LogP contribution in [0.4, 0.5) is 17.8 Å². The minimum Gasteiger partial charge on any atom is -0.378 e. The number of morpholine rings is 1. The van der Waals surface area contributed by atoms with Gasteiger partial charge < -0.3 is 19.9 Å². The number of ether oxygens (including phenoxy) is 1. The standard InChI is InChI=1S/C14H26N6O/c1-5-11(6-2)19(4)13-16-12(15-3)17-14(18-13)20-7-9-21-10-8-20/h11H,5-10H2,1-4H3,(H,15,16,17,18). The molecule has 0 unspecified atom stereocenters. The molecule has 1 saturated heterocycles. The molecule has 0 bridgehead atoms. The van der Waals surface area contributed by atoms with Crippen LogP contribution in [-0.4, -0.2) is 61.4 Å². The number of hydrogen-bond acceptors (Lipinski definition) is 7. The third-order valence-corrected chi connectivity index (χ3v) is 3.94. The summed E-state index contributed by atoms with van der Waals surface area (Å²) in [6.45, 7) is 7.46. The van der Waals surface area contributed by atoms with E-state index in [9.17, 15) is 0 Å². The topological polar surface area (TPSA) is 66.4 Å². The van der Waals surface area contributed by atoms with Gasteiger partial charge in [-0.15, -0.1) is 0 Å². The number of aromatic nitrogens is 3. The van der Waals surface area contributed by atoms with Crippen molar-refractivity contribution >= 4 is 17.8 Å². The van der Waals surface area contributed by atoms with Gasteiger partial charge in [0.05, 0.1) is 13.2 Å². The minimum absolute atomic E-state index is 0.439. The lowest BCUT2D eigenvalue weighted by Gasteiger charge is -2.30. The van der Waals surface area contributed by atoms with Crippen molar-refractivity contribution < 1.29 is 4.74 Å². The zero-order chi connectivity index (χ0) is 15.2. The van der Waals surface area contributed by atoms with E-state index in [1.54, 1.807) is 0 Å². The summed E-state index contributed by atoms with van der Waals surface area (Å²) in [5.74, 6) is 2.06. The summed E-state index contributed by atoms with van der Waals surface area (Å²) in [6, 6.07) is 0.439. The van der Waals surface area contributed by atoms with Gasteiger partial charge in [-0.05, 0) is 12.8 Å². The van der Waals surface area contributed by atoms with Gasteiger partial charge in [0.2, 0.25) is 17.8 Å². The fraction of sp³-hybridized carbons (Fsp3) is 0.786. The Hall–Kier alpha value is -1.63. The van der Waals surface area contributed by atoms with E-state index in [0.29, 0.717) is 12.0 Å². The minimum atomic E-state index is 0.439. The van der Waals surface area contributed by atoms with Crippen molar-refractivity contribution in [3.05, 3.63) is 0 Å². The number of hydrogen-bond donors (Lipinski definition) is 1. The van der Waals surface area contributed by atoms with Crippen LogP contribution in [0.5, 0.6) is 0 Å². The Bertz CT molecular complexity index is 445. The molecule has 1 N–H and O–H groups in total. The first-order valence-electron chi connectivity index (χ1n) is 7.68. The van der Waals surface area contributed by atoms with Crippen LogP contribution < -0.4 is 15.1 Å². The molecule has 21 heavy (non-hydrogen) atoms. The Morgan fingerprint density at radius 3 is 2.43 bits per heavy atom. The van der Waals surface area contributed by atoms with Crippen molar-refractivity contribution in [3.8, 4) is 0 Å². The maximum absolute atomic E-state index is 5.39. The number of nitrogens with one attached hydrogen (secondary N) is 1. The van der Waals surface area contributed by atoms with Crippen LogP contribution in [0.1, 0.15) is 26.7 Å². The molecule has 1 aromatic heterocycles. The van der Waals surface area contributed by atoms with Gasteiger partial charge in [-0.3, -0.25) is 0 Å². The van der Waals surface area contributed by atoms with Crippen LogP contribution in [0, 0.1) is 0 Å². The lowest BCUT2D eigenvalue weighted by molar-refractivity contribution is 0.122. The normalized spacial score (nSPS) is 15.4. The molecule has 1 aliphatic heterocycles. The van der Waals surface area contributed by atoms with Gasteiger partial charge in [-0.2, -0.15) is 15.0 Å². The van der Waals surface area contributed by atoms with E-state index in [2.05, 4.69) is 51.0 Å². The maximum Gasteiger partial charge on any atom is 0.232 e. The number of anilines is 3. The molecular formula is C14H26N6O. The Kier molecular flexibility index (Phi) is 5.55.